The Morgan fingerprint density at radius 1 is 1.43 bits per heavy atom. The predicted molar refractivity (Wildman–Crippen MR) is 88.6 cm³/mol. The van der Waals surface area contributed by atoms with Crippen molar-refractivity contribution in [1.29, 1.82) is 0 Å². The average molecular weight is 373 g/mol. The maximum atomic E-state index is 12.4. The molecule has 1 amide bonds. The number of nitrogens with one attached hydrogen (secondary N) is 1. The van der Waals surface area contributed by atoms with Crippen molar-refractivity contribution in [2.24, 2.45) is 0 Å². The van der Waals surface area contributed by atoms with Crippen LogP contribution in [0, 0.1) is 0 Å². The Morgan fingerprint density at radius 3 is 2.62 bits per heavy atom. The number of amides is 1. The molecular weight excluding hydrogens is 356 g/mol. The number of benzene rings is 1. The third-order valence-electron chi connectivity index (χ3n) is 3.57. The van der Waals surface area contributed by atoms with E-state index in [4.69, 9.17) is 5.73 Å². The van der Waals surface area contributed by atoms with Crippen molar-refractivity contribution in [3.05, 3.63) is 27.5 Å². The lowest BCUT2D eigenvalue weighted by Crippen LogP contribution is -2.53. The number of aliphatic hydroxyl groups excluding tert-OH is 2. The summed E-state index contributed by atoms with van der Waals surface area (Å²) in [4.78, 5) is 12.8. The van der Waals surface area contributed by atoms with Crippen LogP contribution in [0.15, 0.2) is 22.7 Å². The maximum Gasteiger partial charge on any atom is 0.264 e. The molecule has 0 radical (unpaired) electrons. The molecule has 1 aromatic carbocycles. The van der Waals surface area contributed by atoms with Crippen molar-refractivity contribution in [3.8, 4) is 0 Å². The van der Waals surface area contributed by atoms with Crippen molar-refractivity contribution in [1.82, 2.24) is 5.32 Å². The van der Waals surface area contributed by atoms with Crippen molar-refractivity contribution in [2.45, 2.75) is 18.9 Å². The molecule has 1 aromatic heterocycles. The summed E-state index contributed by atoms with van der Waals surface area (Å²) in [7, 11) is 0. The first kappa shape index (κ1) is 16.2. The highest BCUT2D eigenvalue weighted by molar-refractivity contribution is 9.10. The molecule has 114 valence electrons. The summed E-state index contributed by atoms with van der Waals surface area (Å²) in [5.74, 6) is -0.384. The lowest BCUT2D eigenvalue weighted by molar-refractivity contribution is 0.0657. The second kappa shape index (κ2) is 6.31. The third kappa shape index (κ3) is 2.91. The van der Waals surface area contributed by atoms with Crippen molar-refractivity contribution >= 4 is 48.9 Å². The Hall–Kier alpha value is -1.15. The van der Waals surface area contributed by atoms with Gasteiger partial charge >= 0.3 is 0 Å². The molecule has 0 unspecified atom stereocenters. The minimum Gasteiger partial charge on any atom is -0.397 e. The fourth-order valence-electron chi connectivity index (χ4n) is 2.04. The molecule has 0 bridgehead atoms. The smallest absolute Gasteiger partial charge is 0.264 e. The summed E-state index contributed by atoms with van der Waals surface area (Å²) in [6, 6.07) is 5.63. The van der Waals surface area contributed by atoms with Gasteiger partial charge in [-0.15, -0.1) is 11.3 Å². The highest BCUT2D eigenvalue weighted by Gasteiger charge is 2.30. The molecule has 21 heavy (non-hydrogen) atoms. The molecule has 5 nitrogen and oxygen atoms in total. The Bertz CT molecular complexity index is 659. The first-order valence-electron chi connectivity index (χ1n) is 6.48. The van der Waals surface area contributed by atoms with E-state index < -0.39 is 5.54 Å². The highest BCUT2D eigenvalue weighted by atomic mass is 79.9. The van der Waals surface area contributed by atoms with Gasteiger partial charge in [-0.2, -0.15) is 0 Å². The van der Waals surface area contributed by atoms with Crippen LogP contribution in [0.3, 0.4) is 0 Å². The number of rotatable bonds is 5. The molecule has 2 aromatic rings. The monoisotopic (exact) mass is 372 g/mol. The number of hydrogen-bond acceptors (Lipinski definition) is 5. The summed E-state index contributed by atoms with van der Waals surface area (Å²) < 4.78 is 1.74. The largest absolute Gasteiger partial charge is 0.397 e. The predicted octanol–water partition coefficient (Wildman–Crippen LogP) is 2.11. The molecule has 0 aliphatic carbocycles. The number of halogens is 1. The number of thiophene rings is 1. The van der Waals surface area contributed by atoms with Crippen LogP contribution in [0.25, 0.3) is 10.1 Å². The highest BCUT2D eigenvalue weighted by Crippen LogP contribution is 2.38. The number of anilines is 1. The van der Waals surface area contributed by atoms with Gasteiger partial charge in [0.05, 0.1) is 24.4 Å². The van der Waals surface area contributed by atoms with Gasteiger partial charge in [0.15, 0.2) is 0 Å². The molecule has 0 aliphatic heterocycles. The number of fused-ring (bicyclic) bond motifs is 1. The fraction of sp³-hybridized carbons (Fsp3) is 0.357. The molecule has 0 saturated carbocycles. The number of hydrogen-bond donors (Lipinski definition) is 4. The third-order valence-corrected chi connectivity index (χ3v) is 5.40. The van der Waals surface area contributed by atoms with Crippen LogP contribution in [0.5, 0.6) is 0 Å². The van der Waals surface area contributed by atoms with E-state index in [0.717, 1.165) is 14.6 Å². The molecule has 0 spiro atoms. The van der Waals surface area contributed by atoms with Crippen LogP contribution in [0.4, 0.5) is 5.69 Å². The summed E-state index contributed by atoms with van der Waals surface area (Å²) in [6.45, 7) is 1.12. The van der Waals surface area contributed by atoms with E-state index in [-0.39, 0.29) is 19.1 Å². The van der Waals surface area contributed by atoms with Gasteiger partial charge in [0.2, 0.25) is 0 Å². The first-order chi connectivity index (χ1) is 9.98. The van der Waals surface area contributed by atoms with Gasteiger partial charge in [0.25, 0.3) is 5.91 Å². The first-order valence-corrected chi connectivity index (χ1v) is 8.09. The molecule has 1 heterocycles. The second-order valence-corrected chi connectivity index (χ2v) is 6.77. The zero-order chi connectivity index (χ0) is 15.6. The lowest BCUT2D eigenvalue weighted by Gasteiger charge is -2.29. The van der Waals surface area contributed by atoms with Gasteiger partial charge in [-0.3, -0.25) is 4.79 Å². The summed E-state index contributed by atoms with van der Waals surface area (Å²) in [5, 5.41) is 22.3. The van der Waals surface area contributed by atoms with Crippen LogP contribution in [0.2, 0.25) is 0 Å². The number of aliphatic hydroxyl groups is 2. The van der Waals surface area contributed by atoms with Gasteiger partial charge in [0, 0.05) is 14.6 Å². The minimum atomic E-state index is -1.03. The Kier molecular flexibility index (Phi) is 4.88. The van der Waals surface area contributed by atoms with Crippen LogP contribution >= 0.6 is 27.3 Å². The van der Waals surface area contributed by atoms with E-state index >= 15 is 0 Å². The van der Waals surface area contributed by atoms with E-state index in [1.807, 2.05) is 18.2 Å². The van der Waals surface area contributed by atoms with E-state index in [1.165, 1.54) is 11.3 Å². The van der Waals surface area contributed by atoms with Crippen LogP contribution in [0.1, 0.15) is 23.0 Å². The molecule has 5 N–H and O–H groups in total. The molecular formula is C14H17BrN2O3S. The fourth-order valence-corrected chi connectivity index (χ4v) is 3.79. The van der Waals surface area contributed by atoms with Gasteiger partial charge in [-0.25, -0.2) is 0 Å². The maximum absolute atomic E-state index is 12.4. The van der Waals surface area contributed by atoms with Crippen molar-refractivity contribution in [2.75, 3.05) is 18.9 Å². The molecule has 7 heteroatoms. The van der Waals surface area contributed by atoms with E-state index in [9.17, 15) is 15.0 Å². The minimum absolute atomic E-state index is 0.333. The van der Waals surface area contributed by atoms with Gasteiger partial charge in [-0.1, -0.05) is 28.9 Å². The second-order valence-electron chi connectivity index (χ2n) is 4.86. The van der Waals surface area contributed by atoms with Gasteiger partial charge in [-0.05, 0) is 18.6 Å². The van der Waals surface area contributed by atoms with E-state index in [2.05, 4.69) is 21.2 Å². The Labute approximate surface area is 134 Å². The topological polar surface area (TPSA) is 95.6 Å². The standard InChI is InChI=1S/C14H17BrN2O3S/c1-2-14(6-18,7-19)17-13(20)12-11(16)10-8(15)4-3-5-9(10)21-12/h3-5,18-19H,2,6-7,16H2,1H3,(H,17,20). The van der Waals surface area contributed by atoms with Crippen LogP contribution in [-0.4, -0.2) is 34.9 Å². The Balaban J connectivity index is 2.41. The zero-order valence-corrected chi connectivity index (χ0v) is 13.9. The Morgan fingerprint density at radius 2 is 2.10 bits per heavy atom. The lowest BCUT2D eigenvalue weighted by atomic mass is 9.98. The molecule has 0 saturated heterocycles. The number of nitrogen functional groups attached to an aromatic ring is 1. The van der Waals surface area contributed by atoms with Gasteiger partial charge < -0.3 is 21.3 Å². The SMILES string of the molecule is CCC(CO)(CO)NC(=O)c1sc2cccc(Br)c2c1N. The molecule has 2 rings (SSSR count). The number of nitrogens with two attached hydrogens (primary N) is 1. The van der Waals surface area contributed by atoms with Crippen molar-refractivity contribution in [3.63, 3.8) is 0 Å². The van der Waals surface area contributed by atoms with Crippen LogP contribution < -0.4 is 11.1 Å². The zero-order valence-electron chi connectivity index (χ0n) is 11.5. The van der Waals surface area contributed by atoms with E-state index in [1.54, 1.807) is 6.92 Å². The molecule has 0 aliphatic rings. The van der Waals surface area contributed by atoms with E-state index in [0.29, 0.717) is 17.0 Å². The quantitative estimate of drug-likeness (QED) is 0.646. The summed E-state index contributed by atoms with van der Waals surface area (Å²) >= 11 is 4.72. The average Bonchev–Trinajstić information content (AvgIpc) is 2.83. The summed E-state index contributed by atoms with van der Waals surface area (Å²) in [5.41, 5.74) is 5.45. The van der Waals surface area contributed by atoms with Gasteiger partial charge in [0.1, 0.15) is 4.88 Å². The number of carbonyl (C=O) groups excluding carboxylic acids is 1. The summed E-state index contributed by atoms with van der Waals surface area (Å²) in [6.07, 6.45) is 0.417. The number of carbonyl (C=O) groups is 1. The van der Waals surface area contributed by atoms with Crippen LogP contribution in [-0.2, 0) is 0 Å². The molecule has 0 fully saturated rings. The van der Waals surface area contributed by atoms with Crippen molar-refractivity contribution < 1.29 is 15.0 Å². The molecule has 0 atom stereocenters. The normalized spacial score (nSPS) is 11.8.